The Morgan fingerprint density at radius 2 is 2.06 bits per heavy atom. The summed E-state index contributed by atoms with van der Waals surface area (Å²) in [7, 11) is 0. The van der Waals surface area contributed by atoms with E-state index >= 15 is 0 Å². The minimum atomic E-state index is -0.240. The molecule has 0 saturated carbocycles. The number of para-hydroxylation sites is 1. The summed E-state index contributed by atoms with van der Waals surface area (Å²) >= 11 is 1.61. The number of aryl methyl sites for hydroxylation is 1. The van der Waals surface area contributed by atoms with Gasteiger partial charge in [-0.2, -0.15) is 11.3 Å². The fourth-order valence-electron chi connectivity index (χ4n) is 1.56. The van der Waals surface area contributed by atoms with E-state index in [4.69, 9.17) is 5.73 Å². The van der Waals surface area contributed by atoms with Crippen LogP contribution in [0.3, 0.4) is 0 Å². The van der Waals surface area contributed by atoms with Gasteiger partial charge in [-0.1, -0.05) is 18.2 Å². The van der Waals surface area contributed by atoms with Crippen LogP contribution in [0.2, 0.25) is 0 Å². The zero-order chi connectivity index (χ0) is 10.8. The van der Waals surface area contributed by atoms with Gasteiger partial charge in [0.1, 0.15) is 5.75 Å². The molecule has 0 spiro atoms. The molecule has 16 heavy (non-hydrogen) atoms. The third-order valence-corrected chi connectivity index (χ3v) is 3.21. The maximum atomic E-state index is 9.89. The second-order valence-electron chi connectivity index (χ2n) is 3.55. The van der Waals surface area contributed by atoms with Crippen LogP contribution in [-0.4, -0.2) is 5.11 Å². The van der Waals surface area contributed by atoms with Crippen LogP contribution in [0.5, 0.6) is 5.75 Å². The number of hydrogen-bond donors (Lipinski definition) is 2. The quantitative estimate of drug-likeness (QED) is 0.866. The molecule has 0 aliphatic carbocycles. The molecule has 0 unspecified atom stereocenters. The summed E-state index contributed by atoms with van der Waals surface area (Å²) in [5.41, 5.74) is 8.76. The molecule has 86 valence electrons. The van der Waals surface area contributed by atoms with Crippen molar-refractivity contribution in [2.45, 2.75) is 13.0 Å². The highest BCUT2D eigenvalue weighted by molar-refractivity contribution is 7.08. The third kappa shape index (κ3) is 2.38. The number of aromatic hydroxyl groups is 1. The van der Waals surface area contributed by atoms with Crippen LogP contribution in [-0.2, 0) is 0 Å². The van der Waals surface area contributed by atoms with E-state index in [0.29, 0.717) is 5.75 Å². The van der Waals surface area contributed by atoms with E-state index in [1.807, 2.05) is 41.9 Å². The van der Waals surface area contributed by atoms with Crippen molar-refractivity contribution >= 4 is 23.7 Å². The van der Waals surface area contributed by atoms with E-state index in [1.165, 1.54) is 0 Å². The average molecular weight is 256 g/mol. The van der Waals surface area contributed by atoms with E-state index in [0.717, 1.165) is 16.7 Å². The van der Waals surface area contributed by atoms with Gasteiger partial charge in [-0.25, -0.2) is 0 Å². The maximum Gasteiger partial charge on any atom is 0.123 e. The molecule has 2 nitrogen and oxygen atoms in total. The standard InChI is InChI=1S/C12H13NOS.ClH/c1-8-3-2-4-10(12(8)14)11(13)9-5-6-15-7-9;/h2-7,11,14H,13H2,1H3;1H/t11-;/m0./s1. The first-order valence-electron chi connectivity index (χ1n) is 4.76. The molecule has 1 aromatic heterocycles. The normalized spacial score (nSPS) is 11.9. The monoisotopic (exact) mass is 255 g/mol. The van der Waals surface area contributed by atoms with Crippen LogP contribution in [0.15, 0.2) is 35.0 Å². The summed E-state index contributed by atoms with van der Waals surface area (Å²) in [6.45, 7) is 1.87. The summed E-state index contributed by atoms with van der Waals surface area (Å²) in [4.78, 5) is 0. The molecule has 2 rings (SSSR count). The van der Waals surface area contributed by atoms with Crippen molar-refractivity contribution in [1.29, 1.82) is 0 Å². The first-order chi connectivity index (χ1) is 7.20. The average Bonchev–Trinajstić information content (AvgIpc) is 2.74. The Labute approximate surface area is 105 Å². The van der Waals surface area contributed by atoms with Crippen LogP contribution >= 0.6 is 23.7 Å². The highest BCUT2D eigenvalue weighted by atomic mass is 35.5. The molecule has 0 fully saturated rings. The molecular weight excluding hydrogens is 242 g/mol. The van der Waals surface area contributed by atoms with Gasteiger partial charge >= 0.3 is 0 Å². The van der Waals surface area contributed by atoms with Crippen molar-refractivity contribution < 1.29 is 5.11 Å². The number of phenols is 1. The fourth-order valence-corrected chi connectivity index (χ4v) is 2.26. The number of halogens is 1. The molecule has 4 heteroatoms. The Hall–Kier alpha value is -1.03. The highest BCUT2D eigenvalue weighted by Crippen LogP contribution is 2.30. The van der Waals surface area contributed by atoms with Crippen LogP contribution in [0, 0.1) is 6.92 Å². The molecule has 1 aromatic carbocycles. The topological polar surface area (TPSA) is 46.2 Å². The van der Waals surface area contributed by atoms with Gasteiger partial charge < -0.3 is 10.8 Å². The molecular formula is C12H14ClNOS. The molecule has 0 bridgehead atoms. The Balaban J connectivity index is 0.00000128. The lowest BCUT2D eigenvalue weighted by molar-refractivity contribution is 0.461. The first-order valence-corrected chi connectivity index (χ1v) is 5.70. The van der Waals surface area contributed by atoms with Crippen LogP contribution < -0.4 is 5.73 Å². The van der Waals surface area contributed by atoms with Crippen LogP contribution in [0.1, 0.15) is 22.7 Å². The van der Waals surface area contributed by atoms with Crippen LogP contribution in [0.25, 0.3) is 0 Å². The van der Waals surface area contributed by atoms with Crippen molar-refractivity contribution in [2.75, 3.05) is 0 Å². The third-order valence-electron chi connectivity index (χ3n) is 2.51. The van der Waals surface area contributed by atoms with Gasteiger partial charge in [0.05, 0.1) is 6.04 Å². The lowest BCUT2D eigenvalue weighted by atomic mass is 9.99. The molecule has 2 aromatic rings. The second-order valence-corrected chi connectivity index (χ2v) is 4.33. The number of nitrogens with two attached hydrogens (primary N) is 1. The fraction of sp³-hybridized carbons (Fsp3) is 0.167. The summed E-state index contributed by atoms with van der Waals surface area (Å²) in [6.07, 6.45) is 0. The molecule has 0 amide bonds. The maximum absolute atomic E-state index is 9.89. The van der Waals surface area contributed by atoms with E-state index in [9.17, 15) is 5.11 Å². The van der Waals surface area contributed by atoms with Crippen molar-refractivity contribution in [3.63, 3.8) is 0 Å². The molecule has 0 aliphatic rings. The lowest BCUT2D eigenvalue weighted by Crippen LogP contribution is -2.11. The van der Waals surface area contributed by atoms with Gasteiger partial charge in [-0.05, 0) is 34.9 Å². The summed E-state index contributed by atoms with van der Waals surface area (Å²) in [5.74, 6) is 0.302. The van der Waals surface area contributed by atoms with Crippen LogP contribution in [0.4, 0.5) is 0 Å². The van der Waals surface area contributed by atoms with Gasteiger partial charge in [0.25, 0.3) is 0 Å². The van der Waals surface area contributed by atoms with E-state index in [2.05, 4.69) is 0 Å². The molecule has 0 radical (unpaired) electrons. The Morgan fingerprint density at radius 1 is 1.31 bits per heavy atom. The highest BCUT2D eigenvalue weighted by Gasteiger charge is 2.14. The van der Waals surface area contributed by atoms with Crippen molar-refractivity contribution in [1.82, 2.24) is 0 Å². The summed E-state index contributed by atoms with van der Waals surface area (Å²) in [5, 5.41) is 13.9. The van der Waals surface area contributed by atoms with E-state index < -0.39 is 0 Å². The lowest BCUT2D eigenvalue weighted by Gasteiger charge is -2.13. The molecule has 3 N–H and O–H groups in total. The van der Waals surface area contributed by atoms with Gasteiger partial charge in [0.2, 0.25) is 0 Å². The Bertz CT molecular complexity index is 456. The molecule has 1 atom stereocenters. The molecule has 0 saturated heterocycles. The summed E-state index contributed by atoms with van der Waals surface area (Å²) < 4.78 is 0. The number of hydrogen-bond acceptors (Lipinski definition) is 3. The van der Waals surface area contributed by atoms with Gasteiger partial charge in [0.15, 0.2) is 0 Å². The van der Waals surface area contributed by atoms with Gasteiger partial charge in [-0.3, -0.25) is 0 Å². The smallest absolute Gasteiger partial charge is 0.123 e. The van der Waals surface area contributed by atoms with Gasteiger partial charge in [-0.15, -0.1) is 12.4 Å². The summed E-state index contributed by atoms with van der Waals surface area (Å²) in [6, 6.07) is 7.40. The number of phenolic OH excluding ortho intramolecular Hbond substituents is 1. The molecule has 1 heterocycles. The second kappa shape index (κ2) is 5.34. The predicted octanol–water partition coefficient (Wildman–Crippen LogP) is 3.23. The predicted molar refractivity (Wildman–Crippen MR) is 70.4 cm³/mol. The van der Waals surface area contributed by atoms with E-state index in [1.54, 1.807) is 11.3 Å². The zero-order valence-electron chi connectivity index (χ0n) is 8.88. The minimum absolute atomic E-state index is 0. The van der Waals surface area contributed by atoms with Crippen molar-refractivity contribution in [3.05, 3.63) is 51.7 Å². The molecule has 0 aliphatic heterocycles. The number of thiophene rings is 1. The largest absolute Gasteiger partial charge is 0.507 e. The zero-order valence-corrected chi connectivity index (χ0v) is 10.5. The van der Waals surface area contributed by atoms with Crippen molar-refractivity contribution in [3.8, 4) is 5.75 Å². The van der Waals surface area contributed by atoms with Gasteiger partial charge in [0, 0.05) is 5.56 Å². The number of rotatable bonds is 2. The van der Waals surface area contributed by atoms with E-state index in [-0.39, 0.29) is 18.4 Å². The number of benzene rings is 1. The first kappa shape index (κ1) is 13.0. The SMILES string of the molecule is Cc1cccc([C@@H](N)c2ccsc2)c1O.Cl. The van der Waals surface area contributed by atoms with Crippen molar-refractivity contribution in [2.24, 2.45) is 5.73 Å². The Morgan fingerprint density at radius 3 is 2.69 bits per heavy atom. The Kier molecular flexibility index (Phi) is 4.35. The minimum Gasteiger partial charge on any atom is -0.507 e.